The van der Waals surface area contributed by atoms with Gasteiger partial charge in [-0.25, -0.2) is 0 Å². The molecule has 0 rings (SSSR count). The van der Waals surface area contributed by atoms with E-state index in [1.165, 1.54) is 0 Å². The average molecular weight is 159 g/mol. The van der Waals surface area contributed by atoms with Crippen molar-refractivity contribution in [2.75, 3.05) is 6.54 Å². The molecule has 1 unspecified atom stereocenters. The normalized spacial score (nSPS) is 14.5. The Bertz CT molecular complexity index is 81.6. The van der Waals surface area contributed by atoms with Crippen LogP contribution in [0.2, 0.25) is 0 Å². The third-order valence-corrected chi connectivity index (χ3v) is 1.46. The molecule has 0 saturated carbocycles. The number of nitrogens with two attached hydrogens (primary N) is 1. The van der Waals surface area contributed by atoms with E-state index in [4.69, 9.17) is 10.5 Å². The number of ether oxygens (including phenoxy) is 1. The molecule has 0 bridgehead atoms. The highest BCUT2D eigenvalue weighted by atomic mass is 16.5. The second-order valence-electron chi connectivity index (χ2n) is 3.67. The van der Waals surface area contributed by atoms with Crippen LogP contribution in [0.15, 0.2) is 0 Å². The lowest BCUT2D eigenvalue weighted by Crippen LogP contribution is -2.28. The third-order valence-electron chi connectivity index (χ3n) is 1.46. The summed E-state index contributed by atoms with van der Waals surface area (Å²) in [7, 11) is 0. The summed E-state index contributed by atoms with van der Waals surface area (Å²) in [4.78, 5) is 0. The highest BCUT2D eigenvalue weighted by molar-refractivity contribution is 4.62. The van der Waals surface area contributed by atoms with Crippen molar-refractivity contribution in [3.8, 4) is 0 Å². The monoisotopic (exact) mass is 159 g/mol. The van der Waals surface area contributed by atoms with Crippen molar-refractivity contribution in [1.29, 1.82) is 0 Å². The molecule has 0 aromatic carbocycles. The van der Waals surface area contributed by atoms with Crippen LogP contribution in [0.1, 0.15) is 34.1 Å². The number of hydrogen-bond donors (Lipinski definition) is 1. The van der Waals surface area contributed by atoms with E-state index in [1.54, 1.807) is 0 Å². The predicted molar refractivity (Wildman–Crippen MR) is 48.5 cm³/mol. The van der Waals surface area contributed by atoms with Gasteiger partial charge in [-0.15, -0.1) is 0 Å². The van der Waals surface area contributed by atoms with E-state index in [0.29, 0.717) is 18.6 Å². The number of rotatable bonds is 5. The van der Waals surface area contributed by atoms with Crippen LogP contribution in [-0.4, -0.2) is 18.8 Å². The summed E-state index contributed by atoms with van der Waals surface area (Å²) < 4.78 is 5.59. The van der Waals surface area contributed by atoms with Crippen LogP contribution >= 0.6 is 0 Å². The summed E-state index contributed by atoms with van der Waals surface area (Å²) in [5, 5.41) is 0. The third kappa shape index (κ3) is 6.32. The maximum Gasteiger partial charge on any atom is 0.0703 e. The van der Waals surface area contributed by atoms with Crippen molar-refractivity contribution < 1.29 is 4.74 Å². The Balaban J connectivity index is 3.58. The first-order valence-electron chi connectivity index (χ1n) is 4.41. The Morgan fingerprint density at radius 1 is 1.18 bits per heavy atom. The molecule has 0 radical (unpaired) electrons. The zero-order valence-electron chi connectivity index (χ0n) is 8.13. The molecule has 0 saturated heterocycles. The van der Waals surface area contributed by atoms with Crippen LogP contribution in [0.5, 0.6) is 0 Å². The van der Waals surface area contributed by atoms with Gasteiger partial charge in [-0.3, -0.25) is 0 Å². The van der Waals surface area contributed by atoms with Gasteiger partial charge in [-0.05, 0) is 26.2 Å². The lowest BCUT2D eigenvalue weighted by molar-refractivity contribution is 0.00230. The molecule has 0 aromatic heterocycles. The molecular weight excluding hydrogens is 138 g/mol. The molecule has 11 heavy (non-hydrogen) atoms. The minimum absolute atomic E-state index is 0.245. The van der Waals surface area contributed by atoms with E-state index in [-0.39, 0.29) is 6.10 Å². The van der Waals surface area contributed by atoms with E-state index in [1.807, 2.05) is 13.8 Å². The quantitative estimate of drug-likeness (QED) is 0.663. The molecule has 0 fully saturated rings. The smallest absolute Gasteiger partial charge is 0.0703 e. The van der Waals surface area contributed by atoms with Crippen LogP contribution in [0.4, 0.5) is 0 Å². The first kappa shape index (κ1) is 10.9. The highest BCUT2D eigenvalue weighted by Crippen LogP contribution is 2.08. The van der Waals surface area contributed by atoms with Gasteiger partial charge < -0.3 is 10.5 Å². The van der Waals surface area contributed by atoms with Crippen LogP contribution < -0.4 is 5.73 Å². The van der Waals surface area contributed by atoms with Gasteiger partial charge in [0.1, 0.15) is 0 Å². The summed E-state index contributed by atoms with van der Waals surface area (Å²) in [5.41, 5.74) is 5.54. The van der Waals surface area contributed by atoms with Crippen molar-refractivity contribution in [3.63, 3.8) is 0 Å². The largest absolute Gasteiger partial charge is 0.374 e. The Morgan fingerprint density at radius 3 is 2.00 bits per heavy atom. The molecule has 68 valence electrons. The fraction of sp³-hybridized carbons (Fsp3) is 1.00. The Morgan fingerprint density at radius 2 is 1.73 bits per heavy atom. The second-order valence-corrected chi connectivity index (χ2v) is 3.67. The summed E-state index contributed by atoms with van der Waals surface area (Å²) in [6.45, 7) is 9.10. The maximum absolute atomic E-state index is 5.59. The first-order valence-corrected chi connectivity index (χ1v) is 4.41. The van der Waals surface area contributed by atoms with Crippen LogP contribution in [0.25, 0.3) is 0 Å². The summed E-state index contributed by atoms with van der Waals surface area (Å²) in [6.07, 6.45) is 1.60. The molecule has 0 spiro atoms. The molecular formula is C9H21NO. The lowest BCUT2D eigenvalue weighted by Gasteiger charge is -2.20. The van der Waals surface area contributed by atoms with Crippen LogP contribution in [0.3, 0.4) is 0 Å². The van der Waals surface area contributed by atoms with Crippen molar-refractivity contribution in [1.82, 2.24) is 0 Å². The molecule has 1 atom stereocenters. The van der Waals surface area contributed by atoms with Crippen molar-refractivity contribution in [2.24, 2.45) is 11.7 Å². The molecule has 0 amide bonds. The number of hydrogen-bond acceptors (Lipinski definition) is 2. The van der Waals surface area contributed by atoms with Gasteiger partial charge in [-0.2, -0.15) is 0 Å². The van der Waals surface area contributed by atoms with Crippen LogP contribution in [-0.2, 0) is 4.74 Å². The molecule has 0 aromatic rings. The van der Waals surface area contributed by atoms with E-state index in [0.717, 1.165) is 6.42 Å². The molecule has 2 N–H and O–H groups in total. The van der Waals surface area contributed by atoms with Crippen molar-refractivity contribution in [2.45, 2.75) is 46.3 Å². The van der Waals surface area contributed by atoms with Gasteiger partial charge in [-0.1, -0.05) is 13.8 Å². The molecule has 0 heterocycles. The summed E-state index contributed by atoms with van der Waals surface area (Å²) in [5.74, 6) is 0.669. The van der Waals surface area contributed by atoms with E-state index in [2.05, 4.69) is 13.8 Å². The fourth-order valence-corrected chi connectivity index (χ4v) is 1.12. The zero-order chi connectivity index (χ0) is 8.85. The SMILES string of the molecule is CC(C)CC(CN)OC(C)C. The first-order chi connectivity index (χ1) is 5.06. The Hall–Kier alpha value is -0.0800. The van der Waals surface area contributed by atoms with Gasteiger partial charge in [0, 0.05) is 6.54 Å². The van der Waals surface area contributed by atoms with E-state index in [9.17, 15) is 0 Å². The minimum atomic E-state index is 0.245. The topological polar surface area (TPSA) is 35.2 Å². The van der Waals surface area contributed by atoms with Gasteiger partial charge in [0.05, 0.1) is 12.2 Å². The lowest BCUT2D eigenvalue weighted by atomic mass is 10.1. The van der Waals surface area contributed by atoms with Gasteiger partial charge in [0.15, 0.2) is 0 Å². The fourth-order valence-electron chi connectivity index (χ4n) is 1.12. The van der Waals surface area contributed by atoms with E-state index >= 15 is 0 Å². The standard InChI is InChI=1S/C9H21NO/c1-7(2)5-9(6-10)11-8(3)4/h7-9H,5-6,10H2,1-4H3. The molecule has 2 nitrogen and oxygen atoms in total. The van der Waals surface area contributed by atoms with Crippen molar-refractivity contribution in [3.05, 3.63) is 0 Å². The molecule has 2 heteroatoms. The zero-order valence-corrected chi connectivity index (χ0v) is 8.13. The molecule has 0 aliphatic carbocycles. The van der Waals surface area contributed by atoms with Gasteiger partial charge in [0.2, 0.25) is 0 Å². The maximum atomic E-state index is 5.59. The van der Waals surface area contributed by atoms with Crippen LogP contribution in [0, 0.1) is 5.92 Å². The summed E-state index contributed by atoms with van der Waals surface area (Å²) >= 11 is 0. The highest BCUT2D eigenvalue weighted by Gasteiger charge is 2.10. The van der Waals surface area contributed by atoms with Gasteiger partial charge in [0.25, 0.3) is 0 Å². The summed E-state index contributed by atoms with van der Waals surface area (Å²) in [6, 6.07) is 0. The Kier molecular flexibility index (Phi) is 5.51. The second kappa shape index (κ2) is 5.56. The van der Waals surface area contributed by atoms with Crippen molar-refractivity contribution >= 4 is 0 Å². The van der Waals surface area contributed by atoms with Gasteiger partial charge >= 0.3 is 0 Å². The molecule has 0 aliphatic heterocycles. The average Bonchev–Trinajstić information content (AvgIpc) is 1.84. The minimum Gasteiger partial charge on any atom is -0.374 e. The Labute approximate surface area is 70.1 Å². The van der Waals surface area contributed by atoms with E-state index < -0.39 is 0 Å². The predicted octanol–water partition coefficient (Wildman–Crippen LogP) is 1.78. The molecule has 0 aliphatic rings.